The molecule has 1 saturated carbocycles. The van der Waals surface area contributed by atoms with Crippen molar-refractivity contribution >= 4 is 5.91 Å². The first-order valence-electron chi connectivity index (χ1n) is 5.98. The highest BCUT2D eigenvalue weighted by molar-refractivity contribution is 5.98. The number of aromatic hydroxyl groups is 2. The maximum Gasteiger partial charge on any atom is 0.258 e. The highest BCUT2D eigenvalue weighted by Crippen LogP contribution is 2.39. The van der Waals surface area contributed by atoms with E-state index in [0.717, 1.165) is 19.4 Å². The van der Waals surface area contributed by atoms with E-state index in [2.05, 4.69) is 0 Å². The number of benzene rings is 1. The number of phenols is 2. The Kier molecular flexibility index (Phi) is 2.24. The van der Waals surface area contributed by atoms with E-state index in [9.17, 15) is 15.0 Å². The van der Waals surface area contributed by atoms with Crippen LogP contribution in [0.2, 0.25) is 0 Å². The number of amides is 1. The number of carbonyl (C=O) groups is 1. The quantitative estimate of drug-likeness (QED) is 0.726. The normalized spacial score (nSPS) is 26.5. The molecule has 2 atom stereocenters. The lowest BCUT2D eigenvalue weighted by Gasteiger charge is -2.27. The van der Waals surface area contributed by atoms with Gasteiger partial charge in [-0.2, -0.15) is 0 Å². The lowest BCUT2D eigenvalue weighted by atomic mass is 10.1. The number of para-hydroxylation sites is 1. The first-order valence-corrected chi connectivity index (χ1v) is 5.98. The minimum Gasteiger partial charge on any atom is -0.504 e. The third-order valence-corrected chi connectivity index (χ3v) is 3.92. The van der Waals surface area contributed by atoms with Crippen LogP contribution in [0.3, 0.4) is 0 Å². The van der Waals surface area contributed by atoms with Crippen LogP contribution in [0.4, 0.5) is 0 Å². The summed E-state index contributed by atoms with van der Waals surface area (Å²) in [5, 5.41) is 19.1. The fraction of sp³-hybridized carbons (Fsp3) is 0.462. The van der Waals surface area contributed by atoms with E-state index in [1.54, 1.807) is 12.1 Å². The van der Waals surface area contributed by atoms with Gasteiger partial charge in [0.05, 0.1) is 5.56 Å². The number of fused-ring (bicyclic) bond motifs is 2. The van der Waals surface area contributed by atoms with Gasteiger partial charge >= 0.3 is 0 Å². The van der Waals surface area contributed by atoms with Crippen molar-refractivity contribution in [1.82, 2.24) is 4.90 Å². The summed E-state index contributed by atoms with van der Waals surface area (Å²) in [7, 11) is 0. The Balaban J connectivity index is 1.89. The Labute approximate surface area is 99.5 Å². The third kappa shape index (κ3) is 1.55. The molecule has 1 aliphatic heterocycles. The Morgan fingerprint density at radius 2 is 2.12 bits per heavy atom. The number of rotatable bonds is 1. The molecule has 1 heterocycles. The summed E-state index contributed by atoms with van der Waals surface area (Å²) in [6.07, 6.45) is 3.36. The van der Waals surface area contributed by atoms with E-state index in [-0.39, 0.29) is 23.0 Å². The topological polar surface area (TPSA) is 60.8 Å². The highest BCUT2D eigenvalue weighted by Gasteiger charge is 2.41. The predicted octanol–water partition coefficient (Wildman–Crippen LogP) is 1.72. The largest absolute Gasteiger partial charge is 0.504 e. The summed E-state index contributed by atoms with van der Waals surface area (Å²) in [6, 6.07) is 4.84. The van der Waals surface area contributed by atoms with Gasteiger partial charge in [0, 0.05) is 12.6 Å². The average Bonchev–Trinajstić information content (AvgIpc) is 2.94. The molecule has 1 aromatic carbocycles. The summed E-state index contributed by atoms with van der Waals surface area (Å²) in [4.78, 5) is 14.1. The van der Waals surface area contributed by atoms with Gasteiger partial charge in [0.25, 0.3) is 5.91 Å². The number of phenolic OH excluding ortho intramolecular Hbond substituents is 2. The maximum atomic E-state index is 12.3. The summed E-state index contributed by atoms with van der Waals surface area (Å²) < 4.78 is 0. The van der Waals surface area contributed by atoms with E-state index in [1.165, 1.54) is 12.5 Å². The molecular formula is C13H15NO3. The fourth-order valence-electron chi connectivity index (χ4n) is 3.03. The van der Waals surface area contributed by atoms with E-state index in [4.69, 9.17) is 0 Å². The van der Waals surface area contributed by atoms with Crippen molar-refractivity contribution in [3.63, 3.8) is 0 Å². The van der Waals surface area contributed by atoms with E-state index in [1.807, 2.05) is 4.90 Å². The lowest BCUT2D eigenvalue weighted by Crippen LogP contribution is -2.37. The van der Waals surface area contributed by atoms with Gasteiger partial charge in [0.15, 0.2) is 11.5 Å². The second kappa shape index (κ2) is 3.65. The summed E-state index contributed by atoms with van der Waals surface area (Å²) >= 11 is 0. The van der Waals surface area contributed by atoms with Crippen molar-refractivity contribution in [3.05, 3.63) is 23.8 Å². The molecule has 1 aromatic rings. The minimum absolute atomic E-state index is 0.161. The molecule has 2 N–H and O–H groups in total. The fourth-order valence-corrected chi connectivity index (χ4v) is 3.03. The standard InChI is InChI=1S/C13H15NO3/c15-11-3-1-2-10(12(11)16)13(17)14-7-8-4-5-9(14)6-8/h1-3,8-9,15-16H,4-7H2. The molecule has 17 heavy (non-hydrogen) atoms. The second-order valence-corrected chi connectivity index (χ2v) is 4.96. The van der Waals surface area contributed by atoms with Gasteiger partial charge in [-0.05, 0) is 37.3 Å². The summed E-state index contributed by atoms with van der Waals surface area (Å²) in [5.74, 6) is -0.0746. The molecule has 4 heteroatoms. The molecular weight excluding hydrogens is 218 g/mol. The molecule has 2 aliphatic rings. The number of nitrogens with zero attached hydrogens (tertiary/aromatic N) is 1. The van der Waals surface area contributed by atoms with Crippen LogP contribution in [0.5, 0.6) is 11.5 Å². The highest BCUT2D eigenvalue weighted by atomic mass is 16.3. The number of hydrogen-bond acceptors (Lipinski definition) is 3. The first kappa shape index (κ1) is 10.4. The molecule has 0 spiro atoms. The number of hydrogen-bond donors (Lipinski definition) is 2. The number of likely N-dealkylation sites (tertiary alicyclic amines) is 1. The van der Waals surface area contributed by atoms with Crippen molar-refractivity contribution in [2.45, 2.75) is 25.3 Å². The van der Waals surface area contributed by atoms with Crippen LogP contribution >= 0.6 is 0 Å². The van der Waals surface area contributed by atoms with Gasteiger partial charge in [-0.1, -0.05) is 6.07 Å². The third-order valence-electron chi connectivity index (χ3n) is 3.92. The molecule has 4 nitrogen and oxygen atoms in total. The van der Waals surface area contributed by atoms with Gasteiger partial charge in [-0.3, -0.25) is 4.79 Å². The molecule has 0 radical (unpaired) electrons. The van der Waals surface area contributed by atoms with Crippen molar-refractivity contribution in [2.24, 2.45) is 5.92 Å². The van der Waals surface area contributed by atoms with Crippen molar-refractivity contribution in [3.8, 4) is 11.5 Å². The van der Waals surface area contributed by atoms with Crippen molar-refractivity contribution < 1.29 is 15.0 Å². The molecule has 1 saturated heterocycles. The van der Waals surface area contributed by atoms with Crippen molar-refractivity contribution in [1.29, 1.82) is 0 Å². The minimum atomic E-state index is -0.305. The van der Waals surface area contributed by atoms with Crippen LogP contribution in [0.1, 0.15) is 29.6 Å². The maximum absolute atomic E-state index is 12.3. The molecule has 3 rings (SSSR count). The SMILES string of the molecule is O=C(c1cccc(O)c1O)N1CC2CCC1C2. The second-order valence-electron chi connectivity index (χ2n) is 4.96. The molecule has 90 valence electrons. The lowest BCUT2D eigenvalue weighted by molar-refractivity contribution is 0.0700. The van der Waals surface area contributed by atoms with Crippen LogP contribution < -0.4 is 0 Å². The van der Waals surface area contributed by atoms with Crippen LogP contribution in [-0.2, 0) is 0 Å². The predicted molar refractivity (Wildman–Crippen MR) is 61.9 cm³/mol. The molecule has 1 aliphatic carbocycles. The van der Waals surface area contributed by atoms with Crippen LogP contribution in [-0.4, -0.2) is 33.6 Å². The van der Waals surface area contributed by atoms with E-state index in [0.29, 0.717) is 12.0 Å². The van der Waals surface area contributed by atoms with Crippen molar-refractivity contribution in [2.75, 3.05) is 6.54 Å². The van der Waals surface area contributed by atoms with E-state index < -0.39 is 0 Å². The zero-order valence-electron chi connectivity index (χ0n) is 9.47. The van der Waals surface area contributed by atoms with Gasteiger partial charge in [-0.25, -0.2) is 0 Å². The zero-order chi connectivity index (χ0) is 12.0. The van der Waals surface area contributed by atoms with Crippen LogP contribution in [0, 0.1) is 5.92 Å². The average molecular weight is 233 g/mol. The monoisotopic (exact) mass is 233 g/mol. The van der Waals surface area contributed by atoms with Gasteiger partial charge < -0.3 is 15.1 Å². The van der Waals surface area contributed by atoms with Gasteiger partial charge in [0.2, 0.25) is 0 Å². The molecule has 2 bridgehead atoms. The Morgan fingerprint density at radius 3 is 2.76 bits per heavy atom. The summed E-state index contributed by atoms with van der Waals surface area (Å²) in [6.45, 7) is 0.790. The van der Waals surface area contributed by atoms with Gasteiger partial charge in [0.1, 0.15) is 0 Å². The van der Waals surface area contributed by atoms with E-state index >= 15 is 0 Å². The first-order chi connectivity index (χ1) is 8.16. The van der Waals surface area contributed by atoms with Crippen LogP contribution in [0.15, 0.2) is 18.2 Å². The molecule has 0 aromatic heterocycles. The van der Waals surface area contributed by atoms with Gasteiger partial charge in [-0.15, -0.1) is 0 Å². The number of carbonyl (C=O) groups excluding carboxylic acids is 1. The number of piperidine rings is 1. The molecule has 2 unspecified atom stereocenters. The smallest absolute Gasteiger partial charge is 0.258 e. The Bertz CT molecular complexity index is 472. The zero-order valence-corrected chi connectivity index (χ0v) is 9.47. The van der Waals surface area contributed by atoms with Crippen LogP contribution in [0.25, 0.3) is 0 Å². The Hall–Kier alpha value is -1.71. The molecule has 1 amide bonds. The summed E-state index contributed by atoms with van der Waals surface area (Å²) in [5.41, 5.74) is 0.206. The molecule has 2 fully saturated rings. The Morgan fingerprint density at radius 1 is 1.29 bits per heavy atom.